The van der Waals surface area contributed by atoms with E-state index in [4.69, 9.17) is 0 Å². The van der Waals surface area contributed by atoms with Crippen LogP contribution < -0.4 is 5.32 Å². The summed E-state index contributed by atoms with van der Waals surface area (Å²) < 4.78 is 27.9. The zero-order valence-corrected chi connectivity index (χ0v) is 13.6. The maximum Gasteiger partial charge on any atom is 0.251 e. The average molecular weight is 346 g/mol. The van der Waals surface area contributed by atoms with Crippen molar-refractivity contribution >= 4 is 16.9 Å². The maximum absolute atomic E-state index is 13.3. The average Bonchev–Trinajstić information content (AvgIpc) is 2.97. The normalized spacial score (nSPS) is 13.6. The van der Waals surface area contributed by atoms with E-state index in [1.165, 1.54) is 6.07 Å². The molecule has 6 nitrogen and oxygen atoms in total. The molecule has 1 aromatic heterocycles. The molecular formula is C17H16F2N4O2. The van der Waals surface area contributed by atoms with Crippen LogP contribution in [0.1, 0.15) is 28.9 Å². The molecule has 0 saturated carbocycles. The second-order valence-corrected chi connectivity index (χ2v) is 5.80. The summed E-state index contributed by atoms with van der Waals surface area (Å²) in [5.74, 6) is -2.46. The lowest BCUT2D eigenvalue weighted by molar-refractivity contribution is 0.0851. The highest BCUT2D eigenvalue weighted by Crippen LogP contribution is 2.20. The third-order valence-corrected chi connectivity index (χ3v) is 3.99. The van der Waals surface area contributed by atoms with Gasteiger partial charge in [0.1, 0.15) is 5.52 Å². The highest BCUT2D eigenvalue weighted by atomic mass is 19.2. The second kappa shape index (κ2) is 6.56. The number of nitrogens with zero attached hydrogens (tertiary/aromatic N) is 3. The number of aliphatic hydroxyl groups is 1. The van der Waals surface area contributed by atoms with Crippen molar-refractivity contribution < 1.29 is 18.7 Å². The third-order valence-electron chi connectivity index (χ3n) is 3.99. The number of halogens is 2. The number of carbonyl (C=O) groups excluding carboxylic acids is 1. The van der Waals surface area contributed by atoms with Crippen LogP contribution in [0.3, 0.4) is 0 Å². The first-order chi connectivity index (χ1) is 11.9. The van der Waals surface area contributed by atoms with Crippen LogP contribution >= 0.6 is 0 Å². The number of fused-ring (bicyclic) bond motifs is 1. The fraction of sp³-hybridized carbons (Fsp3) is 0.235. The number of hydrogen-bond acceptors (Lipinski definition) is 4. The lowest BCUT2D eigenvalue weighted by Gasteiger charge is -2.20. The SMILES string of the molecule is CC(NC(=O)c1ccc2c(c1)nnn2C)C(O)c1ccc(F)c(F)c1. The Balaban J connectivity index is 1.75. The number of aryl methyl sites for hydroxylation is 1. The topological polar surface area (TPSA) is 80.0 Å². The molecule has 130 valence electrons. The van der Waals surface area contributed by atoms with E-state index in [9.17, 15) is 18.7 Å². The molecule has 2 unspecified atom stereocenters. The summed E-state index contributed by atoms with van der Waals surface area (Å²) >= 11 is 0. The zero-order chi connectivity index (χ0) is 18.1. The molecular weight excluding hydrogens is 330 g/mol. The Bertz CT molecular complexity index is 942. The van der Waals surface area contributed by atoms with E-state index < -0.39 is 29.7 Å². The first-order valence-corrected chi connectivity index (χ1v) is 7.60. The molecule has 0 aliphatic carbocycles. The molecule has 8 heteroatoms. The molecule has 1 amide bonds. The lowest BCUT2D eigenvalue weighted by atomic mass is 10.0. The van der Waals surface area contributed by atoms with Gasteiger partial charge in [-0.15, -0.1) is 5.10 Å². The fourth-order valence-electron chi connectivity index (χ4n) is 2.54. The summed E-state index contributed by atoms with van der Waals surface area (Å²) in [6, 6.07) is 7.35. The molecule has 0 aliphatic rings. The molecule has 25 heavy (non-hydrogen) atoms. The standard InChI is InChI=1S/C17H16F2N4O2/c1-9(16(24)10-3-5-12(18)13(19)7-10)20-17(25)11-4-6-15-14(8-11)21-22-23(15)2/h3-9,16,24H,1-2H3,(H,20,25). The van der Waals surface area contributed by atoms with E-state index in [0.717, 1.165) is 17.6 Å². The number of rotatable bonds is 4. The number of benzene rings is 2. The number of aromatic nitrogens is 3. The van der Waals surface area contributed by atoms with Gasteiger partial charge in [0.25, 0.3) is 5.91 Å². The van der Waals surface area contributed by atoms with Gasteiger partial charge in [-0.05, 0) is 42.8 Å². The van der Waals surface area contributed by atoms with Crippen LogP contribution in [0.5, 0.6) is 0 Å². The van der Waals surface area contributed by atoms with Crippen molar-refractivity contribution in [3.63, 3.8) is 0 Å². The van der Waals surface area contributed by atoms with Crippen LogP contribution in [0.2, 0.25) is 0 Å². The van der Waals surface area contributed by atoms with Gasteiger partial charge in [-0.3, -0.25) is 4.79 Å². The van der Waals surface area contributed by atoms with Gasteiger partial charge >= 0.3 is 0 Å². The molecule has 0 saturated heterocycles. The Morgan fingerprint density at radius 2 is 1.96 bits per heavy atom. The summed E-state index contributed by atoms with van der Waals surface area (Å²) in [5.41, 5.74) is 1.89. The van der Waals surface area contributed by atoms with Gasteiger partial charge in [-0.1, -0.05) is 11.3 Å². The van der Waals surface area contributed by atoms with Crippen molar-refractivity contribution in [2.24, 2.45) is 7.05 Å². The van der Waals surface area contributed by atoms with Gasteiger partial charge in [-0.2, -0.15) is 0 Å². The lowest BCUT2D eigenvalue weighted by Crippen LogP contribution is -2.37. The quantitative estimate of drug-likeness (QED) is 0.758. The van der Waals surface area contributed by atoms with Crippen LogP contribution in [0.4, 0.5) is 8.78 Å². The Kier molecular flexibility index (Phi) is 4.45. The van der Waals surface area contributed by atoms with Crippen LogP contribution in [0.15, 0.2) is 36.4 Å². The Labute approximate surface area is 142 Å². The van der Waals surface area contributed by atoms with E-state index in [-0.39, 0.29) is 5.56 Å². The Hall–Kier alpha value is -2.87. The Morgan fingerprint density at radius 3 is 2.68 bits per heavy atom. The highest BCUT2D eigenvalue weighted by Gasteiger charge is 2.21. The first-order valence-electron chi connectivity index (χ1n) is 7.60. The molecule has 0 radical (unpaired) electrons. The summed E-state index contributed by atoms with van der Waals surface area (Å²) in [6.45, 7) is 1.57. The molecule has 0 fully saturated rings. The summed E-state index contributed by atoms with van der Waals surface area (Å²) in [5, 5.41) is 20.7. The van der Waals surface area contributed by atoms with Crippen molar-refractivity contribution in [2.45, 2.75) is 19.1 Å². The zero-order valence-electron chi connectivity index (χ0n) is 13.6. The Morgan fingerprint density at radius 1 is 1.20 bits per heavy atom. The summed E-state index contributed by atoms with van der Waals surface area (Å²) in [7, 11) is 1.75. The number of hydrogen-bond donors (Lipinski definition) is 2. The van der Waals surface area contributed by atoms with E-state index in [1.807, 2.05) is 0 Å². The predicted molar refractivity (Wildman–Crippen MR) is 86.8 cm³/mol. The molecule has 0 bridgehead atoms. The van der Waals surface area contributed by atoms with Crippen LogP contribution in [-0.4, -0.2) is 32.0 Å². The fourth-order valence-corrected chi connectivity index (χ4v) is 2.54. The molecule has 2 N–H and O–H groups in total. The van der Waals surface area contributed by atoms with Gasteiger partial charge in [0, 0.05) is 12.6 Å². The highest BCUT2D eigenvalue weighted by molar-refractivity contribution is 5.97. The molecule has 2 aromatic carbocycles. The molecule has 1 heterocycles. The van der Waals surface area contributed by atoms with Crippen LogP contribution in [0.25, 0.3) is 11.0 Å². The van der Waals surface area contributed by atoms with Gasteiger partial charge in [0.15, 0.2) is 11.6 Å². The molecule has 2 atom stereocenters. The van der Waals surface area contributed by atoms with Crippen LogP contribution in [0, 0.1) is 11.6 Å². The van der Waals surface area contributed by atoms with E-state index in [0.29, 0.717) is 11.1 Å². The van der Waals surface area contributed by atoms with Gasteiger partial charge in [0.2, 0.25) is 0 Å². The minimum Gasteiger partial charge on any atom is -0.386 e. The van der Waals surface area contributed by atoms with E-state index >= 15 is 0 Å². The second-order valence-electron chi connectivity index (χ2n) is 5.80. The van der Waals surface area contributed by atoms with Gasteiger partial charge < -0.3 is 10.4 Å². The van der Waals surface area contributed by atoms with Crippen molar-refractivity contribution in [3.8, 4) is 0 Å². The molecule has 0 spiro atoms. The van der Waals surface area contributed by atoms with Crippen molar-refractivity contribution in [1.82, 2.24) is 20.3 Å². The summed E-state index contributed by atoms with van der Waals surface area (Å²) in [6.07, 6.45) is -1.18. The monoisotopic (exact) mass is 346 g/mol. The van der Waals surface area contributed by atoms with Crippen molar-refractivity contribution in [3.05, 3.63) is 59.2 Å². The van der Waals surface area contributed by atoms with Crippen molar-refractivity contribution in [1.29, 1.82) is 0 Å². The third kappa shape index (κ3) is 3.34. The van der Waals surface area contributed by atoms with Crippen molar-refractivity contribution in [2.75, 3.05) is 0 Å². The predicted octanol–water partition coefficient (Wildman–Crippen LogP) is 2.10. The molecule has 3 aromatic rings. The number of carbonyl (C=O) groups is 1. The van der Waals surface area contributed by atoms with E-state index in [2.05, 4.69) is 15.6 Å². The number of aliphatic hydroxyl groups excluding tert-OH is 1. The minimum atomic E-state index is -1.18. The molecule has 3 rings (SSSR count). The smallest absolute Gasteiger partial charge is 0.251 e. The van der Waals surface area contributed by atoms with Gasteiger partial charge in [-0.25, -0.2) is 13.5 Å². The maximum atomic E-state index is 13.3. The molecule has 0 aliphatic heterocycles. The number of nitrogens with one attached hydrogen (secondary N) is 1. The largest absolute Gasteiger partial charge is 0.386 e. The van der Waals surface area contributed by atoms with Crippen LogP contribution in [-0.2, 0) is 7.05 Å². The van der Waals surface area contributed by atoms with Gasteiger partial charge in [0.05, 0.1) is 17.7 Å². The summed E-state index contributed by atoms with van der Waals surface area (Å²) in [4.78, 5) is 12.4. The van der Waals surface area contributed by atoms with E-state index in [1.54, 1.807) is 36.9 Å². The minimum absolute atomic E-state index is 0.177. The number of amides is 1. The first kappa shape index (κ1) is 17.0.